The van der Waals surface area contributed by atoms with E-state index in [1.54, 1.807) is 0 Å². The molecule has 0 bridgehead atoms. The molecule has 0 unspecified atom stereocenters. The third kappa shape index (κ3) is 9.68. The standard InChI is InChI=1S/C21H28IN3O.C4H4O4/c1-16(2)26-20-5-4-12-23-21(20)24(3)19-10-13-25(14-11-19)15-17-6-8-18(22)9-7-17;5-3(6)1-2-4(7)8/h4-9,12,16,19H,10-11,13-15H2,1-3H3;1-2H,(H,5,6)(H,7,8). The van der Waals surface area contributed by atoms with Gasteiger partial charge in [0.1, 0.15) is 0 Å². The van der Waals surface area contributed by atoms with Gasteiger partial charge >= 0.3 is 11.9 Å². The number of hydrogen-bond acceptors (Lipinski definition) is 6. The highest BCUT2D eigenvalue weighted by Crippen LogP contribution is 2.29. The number of likely N-dealkylation sites (tertiary alicyclic amines) is 1. The Balaban J connectivity index is 0.000000440. The molecule has 2 aromatic rings. The van der Waals surface area contributed by atoms with Crippen molar-refractivity contribution in [1.29, 1.82) is 0 Å². The second-order valence-corrected chi connectivity index (χ2v) is 9.49. The lowest BCUT2D eigenvalue weighted by Gasteiger charge is -2.37. The Morgan fingerprint density at radius 2 is 1.74 bits per heavy atom. The highest BCUT2D eigenvalue weighted by Gasteiger charge is 2.25. The second kappa shape index (κ2) is 13.9. The number of rotatable bonds is 8. The first-order chi connectivity index (χ1) is 16.2. The topological polar surface area (TPSA) is 103 Å². The summed E-state index contributed by atoms with van der Waals surface area (Å²) in [5, 5.41) is 15.6. The smallest absolute Gasteiger partial charge is 0.328 e. The monoisotopic (exact) mass is 581 g/mol. The van der Waals surface area contributed by atoms with Crippen LogP contribution in [0.5, 0.6) is 5.75 Å². The zero-order valence-electron chi connectivity index (χ0n) is 19.7. The minimum atomic E-state index is -1.26. The number of nitrogens with zero attached hydrogens (tertiary/aromatic N) is 3. The van der Waals surface area contributed by atoms with Crippen LogP contribution in [0.3, 0.4) is 0 Å². The molecule has 0 spiro atoms. The lowest BCUT2D eigenvalue weighted by atomic mass is 10.0. The van der Waals surface area contributed by atoms with E-state index < -0.39 is 11.9 Å². The predicted octanol–water partition coefficient (Wildman–Crippen LogP) is 4.29. The maximum Gasteiger partial charge on any atom is 0.328 e. The van der Waals surface area contributed by atoms with E-state index in [1.807, 2.05) is 18.3 Å². The molecule has 1 aliphatic rings. The van der Waals surface area contributed by atoms with E-state index in [2.05, 4.69) is 82.5 Å². The zero-order valence-corrected chi connectivity index (χ0v) is 21.9. The van der Waals surface area contributed by atoms with Gasteiger partial charge < -0.3 is 19.8 Å². The molecule has 1 fully saturated rings. The van der Waals surface area contributed by atoms with Crippen molar-refractivity contribution in [2.24, 2.45) is 0 Å². The van der Waals surface area contributed by atoms with Gasteiger partial charge in [-0.3, -0.25) is 4.90 Å². The molecule has 0 amide bonds. The fraction of sp³-hybridized carbons (Fsp3) is 0.400. The molecular weight excluding hydrogens is 549 g/mol. The first-order valence-corrected chi connectivity index (χ1v) is 12.2. The number of piperidine rings is 1. The summed E-state index contributed by atoms with van der Waals surface area (Å²) in [7, 11) is 2.15. The molecule has 9 heteroatoms. The molecular formula is C25H32IN3O5. The van der Waals surface area contributed by atoms with E-state index in [0.717, 1.165) is 44.0 Å². The second-order valence-electron chi connectivity index (χ2n) is 8.25. The van der Waals surface area contributed by atoms with Crippen LogP contribution < -0.4 is 9.64 Å². The number of carboxylic acid groups (broad SMARTS) is 2. The number of pyridine rings is 1. The van der Waals surface area contributed by atoms with Crippen molar-refractivity contribution in [3.8, 4) is 5.75 Å². The molecule has 34 heavy (non-hydrogen) atoms. The summed E-state index contributed by atoms with van der Waals surface area (Å²) in [6.07, 6.45) is 5.43. The van der Waals surface area contributed by atoms with Gasteiger partial charge in [0.25, 0.3) is 0 Å². The molecule has 0 atom stereocenters. The van der Waals surface area contributed by atoms with Gasteiger partial charge in [-0.1, -0.05) is 12.1 Å². The van der Waals surface area contributed by atoms with E-state index in [9.17, 15) is 9.59 Å². The summed E-state index contributed by atoms with van der Waals surface area (Å²) in [5.41, 5.74) is 1.40. The van der Waals surface area contributed by atoms with Crippen molar-refractivity contribution in [2.75, 3.05) is 25.0 Å². The van der Waals surface area contributed by atoms with Crippen LogP contribution in [0.4, 0.5) is 5.82 Å². The van der Waals surface area contributed by atoms with Crippen LogP contribution >= 0.6 is 22.6 Å². The van der Waals surface area contributed by atoms with Crippen LogP contribution in [0.25, 0.3) is 0 Å². The third-order valence-electron chi connectivity index (χ3n) is 5.24. The van der Waals surface area contributed by atoms with Crippen LogP contribution in [0.1, 0.15) is 32.3 Å². The maximum absolute atomic E-state index is 9.55. The Morgan fingerprint density at radius 3 is 2.26 bits per heavy atom. The maximum atomic E-state index is 9.55. The lowest BCUT2D eigenvalue weighted by Crippen LogP contribution is -2.43. The van der Waals surface area contributed by atoms with Crippen molar-refractivity contribution in [3.63, 3.8) is 0 Å². The lowest BCUT2D eigenvalue weighted by molar-refractivity contribution is -0.134. The number of anilines is 1. The molecule has 3 rings (SSSR count). The van der Waals surface area contributed by atoms with Gasteiger partial charge in [0, 0.05) is 54.6 Å². The highest BCUT2D eigenvalue weighted by molar-refractivity contribution is 14.1. The molecule has 2 heterocycles. The van der Waals surface area contributed by atoms with Gasteiger partial charge in [-0.15, -0.1) is 0 Å². The van der Waals surface area contributed by atoms with E-state index in [0.29, 0.717) is 18.2 Å². The highest BCUT2D eigenvalue weighted by atomic mass is 127. The number of carbonyl (C=O) groups is 2. The van der Waals surface area contributed by atoms with Gasteiger partial charge in [-0.05, 0) is 79.1 Å². The number of carboxylic acids is 2. The van der Waals surface area contributed by atoms with E-state index in [1.165, 1.54) is 9.13 Å². The first kappa shape index (κ1) is 27.6. The summed E-state index contributed by atoms with van der Waals surface area (Å²) < 4.78 is 7.24. The molecule has 0 aliphatic carbocycles. The number of hydrogen-bond donors (Lipinski definition) is 2. The van der Waals surface area contributed by atoms with Gasteiger partial charge in [-0.25, -0.2) is 14.6 Å². The van der Waals surface area contributed by atoms with Gasteiger partial charge in [0.05, 0.1) is 6.10 Å². The summed E-state index contributed by atoms with van der Waals surface area (Å²) in [5.74, 6) is -0.677. The van der Waals surface area contributed by atoms with Crippen molar-refractivity contribution < 1.29 is 24.5 Å². The molecule has 184 valence electrons. The Kier molecular flexibility index (Phi) is 11.3. The van der Waals surface area contributed by atoms with Gasteiger partial charge in [0.2, 0.25) is 0 Å². The number of halogens is 1. The van der Waals surface area contributed by atoms with Crippen LogP contribution in [0, 0.1) is 3.57 Å². The van der Waals surface area contributed by atoms with Crippen molar-refractivity contribution in [1.82, 2.24) is 9.88 Å². The van der Waals surface area contributed by atoms with Gasteiger partial charge in [0.15, 0.2) is 11.6 Å². The number of aromatic nitrogens is 1. The minimum Gasteiger partial charge on any atom is -0.487 e. The molecule has 2 N–H and O–H groups in total. The Morgan fingerprint density at radius 1 is 1.15 bits per heavy atom. The van der Waals surface area contributed by atoms with Crippen molar-refractivity contribution >= 4 is 40.3 Å². The quantitative estimate of drug-likeness (QED) is 0.352. The SMILES string of the molecule is CC(C)Oc1cccnc1N(C)C1CCN(Cc2ccc(I)cc2)CC1.O=C(O)C=CC(=O)O. The largest absolute Gasteiger partial charge is 0.487 e. The molecule has 8 nitrogen and oxygen atoms in total. The van der Waals surface area contributed by atoms with Crippen molar-refractivity contribution in [3.05, 3.63) is 63.9 Å². The number of ether oxygens (including phenoxy) is 1. The normalized spacial score (nSPS) is 14.5. The van der Waals surface area contributed by atoms with Gasteiger partial charge in [-0.2, -0.15) is 0 Å². The van der Waals surface area contributed by atoms with Crippen LogP contribution in [-0.4, -0.2) is 64.3 Å². The molecule has 1 aromatic heterocycles. The van der Waals surface area contributed by atoms with Crippen molar-refractivity contribution in [2.45, 2.75) is 45.4 Å². The fourth-order valence-corrected chi connectivity index (χ4v) is 3.98. The van der Waals surface area contributed by atoms with E-state index in [-0.39, 0.29) is 6.10 Å². The summed E-state index contributed by atoms with van der Waals surface area (Å²) in [4.78, 5) is 28.6. The van der Waals surface area contributed by atoms with Crippen LogP contribution in [-0.2, 0) is 16.1 Å². The Labute approximate surface area is 214 Å². The first-order valence-electron chi connectivity index (χ1n) is 11.1. The van der Waals surface area contributed by atoms with E-state index in [4.69, 9.17) is 14.9 Å². The van der Waals surface area contributed by atoms with E-state index >= 15 is 0 Å². The minimum absolute atomic E-state index is 0.155. The van der Waals surface area contributed by atoms with Crippen LogP contribution in [0.15, 0.2) is 54.7 Å². The average molecular weight is 581 g/mol. The Hall–Kier alpha value is -2.66. The number of aliphatic carboxylic acids is 2. The zero-order chi connectivity index (χ0) is 25.1. The number of benzene rings is 1. The Bertz CT molecular complexity index is 941. The molecule has 1 aliphatic heterocycles. The molecule has 0 saturated carbocycles. The molecule has 0 radical (unpaired) electrons. The third-order valence-corrected chi connectivity index (χ3v) is 5.96. The molecule has 1 aromatic carbocycles. The summed E-state index contributed by atoms with van der Waals surface area (Å²) in [6, 6.07) is 13.3. The van der Waals surface area contributed by atoms with Crippen LogP contribution in [0.2, 0.25) is 0 Å². The summed E-state index contributed by atoms with van der Waals surface area (Å²) >= 11 is 2.36. The fourth-order valence-electron chi connectivity index (χ4n) is 3.62. The predicted molar refractivity (Wildman–Crippen MR) is 140 cm³/mol. The summed E-state index contributed by atoms with van der Waals surface area (Å²) in [6.45, 7) is 7.39. The molecule has 1 saturated heterocycles. The average Bonchev–Trinajstić information content (AvgIpc) is 2.80.